The molecular formula is C62H43B2NO2S3. The molecule has 0 atom stereocenters. The first-order chi connectivity index (χ1) is 34.6. The van der Waals surface area contributed by atoms with Crippen LogP contribution in [-0.2, 0) is 12.8 Å². The van der Waals surface area contributed by atoms with Crippen molar-refractivity contribution in [3.05, 3.63) is 163 Å². The third-order valence-electron chi connectivity index (χ3n) is 15.9. The van der Waals surface area contributed by atoms with E-state index < -0.39 is 0 Å². The van der Waals surface area contributed by atoms with E-state index in [1.54, 1.807) is 0 Å². The van der Waals surface area contributed by atoms with E-state index in [4.69, 9.17) is 8.83 Å². The van der Waals surface area contributed by atoms with Crippen LogP contribution < -0.4 is 37.7 Å². The number of furan rings is 2. The Bertz CT molecular complexity index is 3850. The molecule has 7 heterocycles. The molecule has 0 aliphatic carbocycles. The summed E-state index contributed by atoms with van der Waals surface area (Å²) in [5.74, 6) is 0. The van der Waals surface area contributed by atoms with Crippen molar-refractivity contribution in [1.29, 1.82) is 0 Å². The molecule has 0 bridgehead atoms. The zero-order valence-electron chi connectivity index (χ0n) is 38.8. The van der Waals surface area contributed by atoms with E-state index in [1.807, 2.05) is 35.3 Å². The summed E-state index contributed by atoms with van der Waals surface area (Å²) in [7, 11) is 0. The summed E-state index contributed by atoms with van der Waals surface area (Å²) in [6.07, 6.45) is 6.75. The topological polar surface area (TPSA) is 29.5 Å². The van der Waals surface area contributed by atoms with E-state index in [9.17, 15) is 0 Å². The molecule has 0 saturated heterocycles. The third kappa shape index (κ3) is 5.45. The summed E-state index contributed by atoms with van der Waals surface area (Å²) in [6.45, 7) is 4.57. The van der Waals surface area contributed by atoms with Crippen molar-refractivity contribution in [3.8, 4) is 22.3 Å². The molecule has 0 unspecified atom stereocenters. The molecule has 0 fully saturated rings. The predicted octanol–water partition coefficient (Wildman–Crippen LogP) is 14.0. The van der Waals surface area contributed by atoms with Gasteiger partial charge in [0.15, 0.2) is 11.2 Å². The van der Waals surface area contributed by atoms with Crippen molar-refractivity contribution in [2.75, 3.05) is 4.90 Å². The van der Waals surface area contributed by atoms with Gasteiger partial charge in [-0.05, 0) is 99.1 Å². The highest BCUT2D eigenvalue weighted by atomic mass is 32.2. The molecule has 0 saturated carbocycles. The Labute approximate surface area is 420 Å². The van der Waals surface area contributed by atoms with Gasteiger partial charge >= 0.3 is 0 Å². The number of nitrogens with zero attached hydrogens (tertiary/aromatic N) is 1. The number of anilines is 3. The fourth-order valence-corrected chi connectivity index (χ4v) is 16.8. The molecule has 3 nitrogen and oxygen atoms in total. The number of aryl methyl sites for hydroxylation is 2. The average molecular weight is 952 g/mol. The number of hydrogen-bond acceptors (Lipinski definition) is 6. The number of benzene rings is 9. The second-order valence-corrected chi connectivity index (χ2v) is 23.0. The molecule has 332 valence electrons. The van der Waals surface area contributed by atoms with Gasteiger partial charge in [-0.1, -0.05) is 206 Å². The summed E-state index contributed by atoms with van der Waals surface area (Å²) in [6, 6.07) is 57.7. The minimum Gasteiger partial charge on any atom is -0.455 e. The van der Waals surface area contributed by atoms with Gasteiger partial charge in [0.2, 0.25) is 13.4 Å². The van der Waals surface area contributed by atoms with E-state index in [1.165, 1.54) is 134 Å². The second-order valence-electron chi connectivity index (χ2n) is 19.8. The SMILES string of the molecule is CCCCc1ccc2c(c1)oc1c3c4c(cc12)B1c2cccc(-c5ccccc5)c2Sc2cc5c6c(c21)N4c1c(cc2c(oc4cc(CCCC)ccc42)c1S3)B6c1cccc(-c2ccccc2)c1S5. The van der Waals surface area contributed by atoms with Crippen LogP contribution in [0.15, 0.2) is 190 Å². The summed E-state index contributed by atoms with van der Waals surface area (Å²) in [5, 5.41) is 4.75. The van der Waals surface area contributed by atoms with Gasteiger partial charge in [-0.15, -0.1) is 0 Å². The Morgan fingerprint density at radius 3 is 1.39 bits per heavy atom. The van der Waals surface area contributed by atoms with Crippen LogP contribution in [0.2, 0.25) is 0 Å². The molecule has 70 heavy (non-hydrogen) atoms. The predicted molar refractivity (Wildman–Crippen MR) is 298 cm³/mol. The van der Waals surface area contributed by atoms with Gasteiger partial charge in [0.1, 0.15) is 11.2 Å². The van der Waals surface area contributed by atoms with Gasteiger partial charge in [0.25, 0.3) is 0 Å². The maximum Gasteiger partial charge on any atom is 0.249 e. The Morgan fingerprint density at radius 2 is 0.914 bits per heavy atom. The zero-order chi connectivity index (χ0) is 45.9. The first-order valence-corrected chi connectivity index (χ1v) is 27.5. The highest BCUT2D eigenvalue weighted by Gasteiger charge is 2.53. The Hall–Kier alpha value is -6.44. The zero-order valence-corrected chi connectivity index (χ0v) is 41.3. The van der Waals surface area contributed by atoms with Crippen LogP contribution >= 0.6 is 35.3 Å². The van der Waals surface area contributed by atoms with E-state index in [0.717, 1.165) is 60.9 Å². The minimum atomic E-state index is 0.0151. The maximum absolute atomic E-state index is 7.26. The van der Waals surface area contributed by atoms with Crippen LogP contribution in [0.4, 0.5) is 17.1 Å². The van der Waals surface area contributed by atoms with E-state index in [0.29, 0.717) is 0 Å². The Kier molecular flexibility index (Phi) is 8.66. The van der Waals surface area contributed by atoms with Crippen LogP contribution in [0.5, 0.6) is 0 Å². The molecule has 2 aromatic heterocycles. The smallest absolute Gasteiger partial charge is 0.249 e. The van der Waals surface area contributed by atoms with Gasteiger partial charge in [-0.2, -0.15) is 0 Å². The van der Waals surface area contributed by atoms with Crippen molar-refractivity contribution in [3.63, 3.8) is 0 Å². The average Bonchev–Trinajstić information content (AvgIpc) is 3.97. The lowest BCUT2D eigenvalue weighted by Crippen LogP contribution is -2.68. The lowest BCUT2D eigenvalue weighted by Gasteiger charge is -2.50. The molecule has 8 heteroatoms. The molecule has 0 radical (unpaired) electrons. The van der Waals surface area contributed by atoms with Crippen LogP contribution in [0, 0.1) is 0 Å². The number of hydrogen-bond donors (Lipinski definition) is 0. The first-order valence-electron chi connectivity index (χ1n) is 25.1. The van der Waals surface area contributed by atoms with E-state index >= 15 is 0 Å². The highest BCUT2D eigenvalue weighted by Crippen LogP contribution is 2.60. The lowest BCUT2D eigenvalue weighted by atomic mass is 9.30. The monoisotopic (exact) mass is 951 g/mol. The number of unbranched alkanes of at least 4 members (excludes halogenated alkanes) is 2. The normalized spacial score (nSPS) is 14.2. The van der Waals surface area contributed by atoms with Crippen molar-refractivity contribution in [2.24, 2.45) is 0 Å². The molecule has 9 aromatic carbocycles. The Balaban J connectivity index is 1.05. The third-order valence-corrected chi connectivity index (χ3v) is 19.5. The molecule has 0 N–H and O–H groups in total. The summed E-state index contributed by atoms with van der Waals surface area (Å²) < 4.78 is 14.5. The highest BCUT2D eigenvalue weighted by molar-refractivity contribution is 8.01. The van der Waals surface area contributed by atoms with Crippen molar-refractivity contribution >= 4 is 142 Å². The molecule has 16 rings (SSSR count). The summed E-state index contributed by atoms with van der Waals surface area (Å²) >= 11 is 5.83. The largest absolute Gasteiger partial charge is 0.455 e. The minimum absolute atomic E-state index is 0.0151. The fraction of sp³-hybridized carbons (Fsp3) is 0.129. The van der Waals surface area contributed by atoms with Crippen molar-refractivity contribution in [2.45, 2.75) is 81.7 Å². The van der Waals surface area contributed by atoms with Crippen molar-refractivity contribution < 1.29 is 8.83 Å². The standard InChI is InChI=1S/C62H43B2NO2S3/c1-3-5-15-34-25-27-40-42-31-46-54-61(57(42)66-48(40)29-34)70-62-55-47(32-43-41-28-26-35(16-6-4-2)30-49(41)67-58(43)62)64-45-24-14-22-39(37-19-11-8-12-20-37)60(45)69-51-33-50-52(56(53(51)64)65(54)55)63(46)44-23-13-21-38(59(44)68-50)36-17-9-7-10-18-36/h7-14,17-33H,3-6,15-16H2,1-2H3. The lowest BCUT2D eigenvalue weighted by molar-refractivity contribution is 0.656. The van der Waals surface area contributed by atoms with Gasteiger partial charge in [-0.25, -0.2) is 0 Å². The van der Waals surface area contributed by atoms with Gasteiger partial charge in [0.05, 0.1) is 21.2 Å². The van der Waals surface area contributed by atoms with Gasteiger partial charge < -0.3 is 13.7 Å². The quantitative estimate of drug-likeness (QED) is 0.141. The number of rotatable bonds is 8. The molecule has 5 aliphatic rings. The summed E-state index contributed by atoms with van der Waals surface area (Å²) in [4.78, 5) is 10.5. The van der Waals surface area contributed by atoms with Gasteiger partial charge in [-0.3, -0.25) is 0 Å². The van der Waals surface area contributed by atoms with Crippen LogP contribution in [0.3, 0.4) is 0 Å². The molecule has 0 amide bonds. The maximum atomic E-state index is 7.26. The van der Waals surface area contributed by atoms with E-state index in [-0.39, 0.29) is 13.4 Å². The van der Waals surface area contributed by atoms with Crippen LogP contribution in [-0.4, -0.2) is 13.4 Å². The Morgan fingerprint density at radius 1 is 0.429 bits per heavy atom. The van der Waals surface area contributed by atoms with Crippen LogP contribution in [0.1, 0.15) is 50.7 Å². The molecule has 11 aromatic rings. The van der Waals surface area contributed by atoms with Crippen LogP contribution in [0.25, 0.3) is 66.1 Å². The second kappa shape index (κ2) is 15.0. The molecule has 5 aliphatic heterocycles. The first kappa shape index (κ1) is 40.3. The number of fused-ring (bicyclic) bond motifs is 14. The van der Waals surface area contributed by atoms with Gasteiger partial charge in [0, 0.05) is 46.8 Å². The van der Waals surface area contributed by atoms with Crippen molar-refractivity contribution in [1.82, 2.24) is 0 Å². The molecule has 0 spiro atoms. The fourth-order valence-electron chi connectivity index (χ4n) is 12.8. The summed E-state index contributed by atoms with van der Waals surface area (Å²) in [5.41, 5.74) is 23.8. The van der Waals surface area contributed by atoms with E-state index in [2.05, 4.69) is 170 Å². The molecular weight excluding hydrogens is 909 g/mol.